The molecule has 2 aromatic heterocycles. The number of carbonyl (C=O) groups is 1. The third kappa shape index (κ3) is 2.25. The molecule has 0 amide bonds. The molecule has 0 aliphatic heterocycles. The van der Waals surface area contributed by atoms with Crippen molar-refractivity contribution in [2.75, 3.05) is 7.11 Å². The van der Waals surface area contributed by atoms with Crippen LogP contribution in [0.3, 0.4) is 0 Å². The smallest absolute Gasteiger partial charge is 0.355 e. The van der Waals surface area contributed by atoms with Gasteiger partial charge in [-0.15, -0.1) is 0 Å². The minimum Gasteiger partial charge on any atom is -0.464 e. The van der Waals surface area contributed by atoms with E-state index >= 15 is 0 Å². The highest BCUT2D eigenvalue weighted by molar-refractivity contribution is 6.33. The zero-order valence-electron chi connectivity index (χ0n) is 11.0. The lowest BCUT2D eigenvalue weighted by molar-refractivity contribution is 0.0592. The third-order valence-electron chi connectivity index (χ3n) is 3.11. The monoisotopic (exact) mass is 304 g/mol. The van der Waals surface area contributed by atoms with E-state index in [1.807, 2.05) is 0 Å². The van der Waals surface area contributed by atoms with Gasteiger partial charge in [0.2, 0.25) is 0 Å². The number of hydrogen-bond acceptors (Lipinski definition) is 3. The van der Waals surface area contributed by atoms with Gasteiger partial charge in [-0.1, -0.05) is 17.7 Å². The van der Waals surface area contributed by atoms with E-state index in [1.54, 1.807) is 34.7 Å². The van der Waals surface area contributed by atoms with Crippen LogP contribution in [0.4, 0.5) is 4.39 Å². The molecule has 3 aromatic rings. The Kier molecular flexibility index (Phi) is 3.35. The van der Waals surface area contributed by atoms with E-state index in [4.69, 9.17) is 16.3 Å². The summed E-state index contributed by atoms with van der Waals surface area (Å²) in [5.74, 6) is -0.395. The molecule has 0 N–H and O–H groups in total. The first-order valence-electron chi connectivity index (χ1n) is 6.13. The Morgan fingerprint density at radius 1 is 1.24 bits per heavy atom. The lowest BCUT2D eigenvalue weighted by Gasteiger charge is -2.07. The summed E-state index contributed by atoms with van der Waals surface area (Å²) in [6.45, 7) is 0. The number of esters is 1. The van der Waals surface area contributed by atoms with Crippen LogP contribution in [0, 0.1) is 5.82 Å². The molecule has 0 fully saturated rings. The zero-order chi connectivity index (χ0) is 15.0. The molecule has 1 aromatic carbocycles. The van der Waals surface area contributed by atoms with Gasteiger partial charge in [0.05, 0.1) is 12.6 Å². The Labute approximate surface area is 124 Å². The number of ether oxygens (including phenoxy) is 1. The molecule has 2 heterocycles. The highest BCUT2D eigenvalue weighted by atomic mass is 35.5. The minimum absolute atomic E-state index is 0.264. The molecule has 3 rings (SSSR count). The first kappa shape index (κ1) is 13.6. The Hall–Kier alpha value is -2.40. The summed E-state index contributed by atoms with van der Waals surface area (Å²) in [4.78, 5) is 16.2. The van der Waals surface area contributed by atoms with Crippen molar-refractivity contribution in [1.29, 1.82) is 0 Å². The normalized spacial score (nSPS) is 10.8. The fourth-order valence-corrected chi connectivity index (χ4v) is 2.38. The van der Waals surface area contributed by atoms with Gasteiger partial charge in [-0.3, -0.25) is 4.40 Å². The average molecular weight is 305 g/mol. The quantitative estimate of drug-likeness (QED) is 0.680. The lowest BCUT2D eigenvalue weighted by Crippen LogP contribution is -2.08. The Morgan fingerprint density at radius 2 is 1.95 bits per heavy atom. The number of nitrogens with zero attached hydrogens (tertiary/aromatic N) is 2. The Balaban J connectivity index is 2.32. The topological polar surface area (TPSA) is 43.6 Å². The maximum Gasteiger partial charge on any atom is 0.355 e. The van der Waals surface area contributed by atoms with Crippen LogP contribution < -0.4 is 0 Å². The molecular formula is C15H10ClFN2O2. The van der Waals surface area contributed by atoms with Gasteiger partial charge < -0.3 is 4.74 Å². The summed E-state index contributed by atoms with van der Waals surface area (Å²) in [7, 11) is 1.30. The third-order valence-corrected chi connectivity index (χ3v) is 3.39. The van der Waals surface area contributed by atoms with Gasteiger partial charge >= 0.3 is 5.97 Å². The first-order chi connectivity index (χ1) is 10.1. The second kappa shape index (κ2) is 5.18. The minimum atomic E-state index is -0.502. The number of aromatic nitrogens is 2. The number of hydrogen-bond donors (Lipinski definition) is 0. The summed E-state index contributed by atoms with van der Waals surface area (Å²) < 4.78 is 19.4. The van der Waals surface area contributed by atoms with Crippen LogP contribution in [0.15, 0.2) is 42.5 Å². The standard InChI is InChI=1S/C15H10ClFN2O2/c1-21-15(20)12-4-2-3-11-13(16)18-14(19(11)12)9-5-7-10(17)8-6-9/h2-8H,1H3. The number of rotatable bonds is 2. The molecule has 0 radical (unpaired) electrons. The van der Waals surface area contributed by atoms with Crippen LogP contribution in [0.5, 0.6) is 0 Å². The van der Waals surface area contributed by atoms with E-state index in [9.17, 15) is 9.18 Å². The van der Waals surface area contributed by atoms with Gasteiger partial charge in [0.15, 0.2) is 5.15 Å². The number of benzene rings is 1. The van der Waals surface area contributed by atoms with Crippen LogP contribution in [-0.4, -0.2) is 22.5 Å². The fraction of sp³-hybridized carbons (Fsp3) is 0.0667. The molecule has 0 aliphatic carbocycles. The molecule has 0 aliphatic rings. The molecular weight excluding hydrogens is 295 g/mol. The van der Waals surface area contributed by atoms with Crippen molar-refractivity contribution in [2.45, 2.75) is 0 Å². The number of halogens is 2. The van der Waals surface area contributed by atoms with Crippen molar-refractivity contribution in [3.8, 4) is 11.4 Å². The van der Waals surface area contributed by atoms with Gasteiger partial charge in [0, 0.05) is 5.56 Å². The number of fused-ring (bicyclic) bond motifs is 1. The molecule has 0 bridgehead atoms. The van der Waals surface area contributed by atoms with E-state index in [2.05, 4.69) is 4.98 Å². The van der Waals surface area contributed by atoms with E-state index in [-0.39, 0.29) is 11.0 Å². The van der Waals surface area contributed by atoms with E-state index in [0.717, 1.165) is 0 Å². The van der Waals surface area contributed by atoms with Crippen LogP contribution in [0.25, 0.3) is 16.9 Å². The van der Waals surface area contributed by atoms with Crippen molar-refractivity contribution >= 4 is 23.1 Å². The van der Waals surface area contributed by atoms with Crippen LogP contribution in [0.1, 0.15) is 10.5 Å². The summed E-state index contributed by atoms with van der Waals surface area (Å²) in [5.41, 5.74) is 1.53. The van der Waals surface area contributed by atoms with E-state index in [0.29, 0.717) is 22.6 Å². The van der Waals surface area contributed by atoms with Crippen molar-refractivity contribution < 1.29 is 13.9 Å². The van der Waals surface area contributed by atoms with Gasteiger partial charge in [-0.25, -0.2) is 14.2 Å². The predicted octanol–water partition coefficient (Wildman–Crippen LogP) is 3.58. The van der Waals surface area contributed by atoms with Crippen molar-refractivity contribution in [2.24, 2.45) is 0 Å². The van der Waals surface area contributed by atoms with Crippen LogP contribution in [-0.2, 0) is 4.74 Å². The predicted molar refractivity (Wildman–Crippen MR) is 76.9 cm³/mol. The van der Waals surface area contributed by atoms with Gasteiger partial charge in [0.25, 0.3) is 0 Å². The molecule has 21 heavy (non-hydrogen) atoms. The highest BCUT2D eigenvalue weighted by Gasteiger charge is 2.18. The molecule has 0 unspecified atom stereocenters. The number of methoxy groups -OCH3 is 1. The molecule has 0 saturated carbocycles. The summed E-state index contributed by atoms with van der Waals surface area (Å²) >= 11 is 6.12. The summed E-state index contributed by atoms with van der Waals surface area (Å²) in [5, 5.41) is 0.264. The van der Waals surface area contributed by atoms with E-state index < -0.39 is 5.97 Å². The molecule has 6 heteroatoms. The van der Waals surface area contributed by atoms with Gasteiger partial charge in [-0.05, 0) is 36.4 Å². The lowest BCUT2D eigenvalue weighted by atomic mass is 10.2. The van der Waals surface area contributed by atoms with Crippen LogP contribution >= 0.6 is 11.6 Å². The molecule has 0 atom stereocenters. The molecule has 106 valence electrons. The van der Waals surface area contributed by atoms with Crippen molar-refractivity contribution in [3.05, 3.63) is 59.1 Å². The van der Waals surface area contributed by atoms with Crippen molar-refractivity contribution in [3.63, 3.8) is 0 Å². The summed E-state index contributed by atoms with van der Waals surface area (Å²) in [6, 6.07) is 10.9. The van der Waals surface area contributed by atoms with Gasteiger partial charge in [0.1, 0.15) is 17.3 Å². The highest BCUT2D eigenvalue weighted by Crippen LogP contribution is 2.27. The van der Waals surface area contributed by atoms with E-state index in [1.165, 1.54) is 19.2 Å². The zero-order valence-corrected chi connectivity index (χ0v) is 11.8. The summed E-state index contributed by atoms with van der Waals surface area (Å²) in [6.07, 6.45) is 0. The average Bonchev–Trinajstić information content (AvgIpc) is 2.85. The van der Waals surface area contributed by atoms with Crippen molar-refractivity contribution in [1.82, 2.24) is 9.38 Å². The number of imidazole rings is 1. The largest absolute Gasteiger partial charge is 0.464 e. The maximum absolute atomic E-state index is 13.1. The second-order valence-electron chi connectivity index (χ2n) is 4.36. The van der Waals surface area contributed by atoms with Crippen LogP contribution in [0.2, 0.25) is 5.15 Å². The SMILES string of the molecule is COC(=O)c1cccc2c(Cl)nc(-c3ccc(F)cc3)n12. The number of pyridine rings is 1. The Morgan fingerprint density at radius 3 is 2.62 bits per heavy atom. The maximum atomic E-state index is 13.1. The fourth-order valence-electron chi connectivity index (χ4n) is 2.16. The number of carbonyl (C=O) groups excluding carboxylic acids is 1. The molecule has 4 nitrogen and oxygen atoms in total. The molecule has 0 saturated heterocycles. The second-order valence-corrected chi connectivity index (χ2v) is 4.71. The molecule has 0 spiro atoms. The first-order valence-corrected chi connectivity index (χ1v) is 6.51. The Bertz CT molecular complexity index is 828. The van der Waals surface area contributed by atoms with Gasteiger partial charge in [-0.2, -0.15) is 0 Å².